The summed E-state index contributed by atoms with van der Waals surface area (Å²) >= 11 is 0. The van der Waals surface area contributed by atoms with Crippen molar-refractivity contribution in [1.29, 1.82) is 0 Å². The van der Waals surface area contributed by atoms with Gasteiger partial charge in [0.2, 0.25) is 15.9 Å². The van der Waals surface area contributed by atoms with E-state index in [1.165, 1.54) is 44.7 Å². The number of oxazole rings is 1. The number of rotatable bonds is 10. The Balaban J connectivity index is 1.51. The van der Waals surface area contributed by atoms with Crippen LogP contribution in [0, 0.1) is 0 Å². The Morgan fingerprint density at radius 2 is 1.84 bits per heavy atom. The lowest BCUT2D eigenvalue weighted by Gasteiger charge is -2.33. The molecular formula is C35H42N4O9S. The van der Waals surface area contributed by atoms with E-state index in [9.17, 15) is 22.8 Å². The molecule has 0 saturated carbocycles. The van der Waals surface area contributed by atoms with Crippen LogP contribution in [0.1, 0.15) is 95.2 Å². The molecule has 2 fully saturated rings. The average Bonchev–Trinajstić information content (AvgIpc) is 3.75. The number of aromatic nitrogens is 3. The van der Waals surface area contributed by atoms with Crippen LogP contribution in [-0.2, 0) is 30.8 Å². The molecule has 14 heteroatoms. The van der Waals surface area contributed by atoms with Gasteiger partial charge < -0.3 is 18.6 Å². The first-order chi connectivity index (χ1) is 23.1. The van der Waals surface area contributed by atoms with Crippen molar-refractivity contribution in [3.63, 3.8) is 0 Å². The number of ether oxygens (including phenoxy) is 3. The average molecular weight is 695 g/mol. The monoisotopic (exact) mass is 694 g/mol. The zero-order valence-corrected chi connectivity index (χ0v) is 29.3. The Labute approximate surface area is 284 Å². The highest BCUT2D eigenvalue weighted by molar-refractivity contribution is 7.91. The fourth-order valence-corrected chi connectivity index (χ4v) is 7.63. The van der Waals surface area contributed by atoms with Gasteiger partial charge in [0, 0.05) is 16.7 Å². The predicted molar refractivity (Wildman–Crippen MR) is 182 cm³/mol. The van der Waals surface area contributed by atoms with Crippen LogP contribution < -0.4 is 20.7 Å². The third-order valence-electron chi connectivity index (χ3n) is 9.61. The summed E-state index contributed by atoms with van der Waals surface area (Å²) in [5.41, 5.74) is 0.658. The molecule has 2 aliphatic heterocycles. The third-order valence-corrected chi connectivity index (χ3v) is 11.7. The van der Waals surface area contributed by atoms with Crippen molar-refractivity contribution < 1.29 is 31.8 Å². The quantitative estimate of drug-likeness (QED) is 0.325. The lowest BCUT2D eigenvalue weighted by Crippen LogP contribution is -2.51. The van der Waals surface area contributed by atoms with Gasteiger partial charge in [0.1, 0.15) is 24.2 Å². The number of methoxy groups -OCH3 is 1. The number of allylic oxidation sites excluding steroid dienone is 3. The van der Waals surface area contributed by atoms with Crippen molar-refractivity contribution in [1.82, 2.24) is 18.8 Å². The number of carbonyl (C=O) groups is 1. The molecule has 49 heavy (non-hydrogen) atoms. The van der Waals surface area contributed by atoms with Gasteiger partial charge in [0.25, 0.3) is 11.5 Å². The first-order valence-electron chi connectivity index (χ1n) is 16.3. The summed E-state index contributed by atoms with van der Waals surface area (Å²) in [6.07, 6.45) is 5.43. The van der Waals surface area contributed by atoms with Crippen LogP contribution in [0.5, 0.6) is 5.75 Å². The Morgan fingerprint density at radius 3 is 2.45 bits per heavy atom. The maximum absolute atomic E-state index is 14.6. The fourth-order valence-electron chi connectivity index (χ4n) is 6.89. The zero-order valence-electron chi connectivity index (χ0n) is 28.5. The highest BCUT2D eigenvalue weighted by Gasteiger charge is 2.40. The second kappa shape index (κ2) is 12.9. The molecule has 2 aromatic heterocycles. The standard InChI is InChI=1S/C35H42N4O9S/c1-19-28(32-36-14-15-46-32)20(2)30-29(19)33(41)39(21(3)31(40)37-49(43,44)35(4,5)6)34(42)38(30)18-27(25-10-8-9-11-26(25)45-7)48-24-16-22-12-13-23(17-24)47-22/h8-11,14-15,21-24,27H,2,12-13,16-18H2,1,3-7H3,(H,37,40)/t21-,22+,23?,24?,27-/m0/s1. The molecule has 1 aliphatic carbocycles. The van der Waals surface area contributed by atoms with Gasteiger partial charge in [0.05, 0.1) is 54.2 Å². The molecule has 4 heterocycles. The number of hydrogen-bond acceptors (Lipinski definition) is 10. The largest absolute Gasteiger partial charge is 0.496 e. The molecule has 5 atom stereocenters. The van der Waals surface area contributed by atoms with Crippen LogP contribution in [0.3, 0.4) is 0 Å². The number of nitrogens with zero attached hydrogens (tertiary/aromatic N) is 3. The minimum Gasteiger partial charge on any atom is -0.496 e. The van der Waals surface area contributed by atoms with E-state index in [-0.39, 0.29) is 42.0 Å². The molecule has 0 spiro atoms. The van der Waals surface area contributed by atoms with Crippen molar-refractivity contribution in [2.24, 2.45) is 0 Å². The maximum Gasteiger partial charge on any atom is 0.332 e. The second-order valence-corrected chi connectivity index (χ2v) is 16.2. The van der Waals surface area contributed by atoms with Gasteiger partial charge in [-0.3, -0.25) is 18.9 Å². The van der Waals surface area contributed by atoms with E-state index in [1.807, 2.05) is 18.2 Å². The number of carbonyl (C=O) groups excluding carboxylic acids is 1. The summed E-state index contributed by atoms with van der Waals surface area (Å²) in [7, 11) is -2.60. The summed E-state index contributed by atoms with van der Waals surface area (Å²) in [6.45, 7) is 11.5. The van der Waals surface area contributed by atoms with E-state index >= 15 is 0 Å². The van der Waals surface area contributed by atoms with Crippen LogP contribution in [0.4, 0.5) is 0 Å². The Hall–Kier alpha value is -4.27. The summed E-state index contributed by atoms with van der Waals surface area (Å²) in [5, 5.41) is 0. The summed E-state index contributed by atoms with van der Waals surface area (Å²) in [5.74, 6) is -0.266. The zero-order chi connectivity index (χ0) is 35.4. The van der Waals surface area contributed by atoms with E-state index in [1.54, 1.807) is 20.1 Å². The molecule has 2 unspecified atom stereocenters. The number of amides is 1. The molecule has 2 saturated heterocycles. The predicted octanol–water partition coefficient (Wildman–Crippen LogP) is 4.24. The highest BCUT2D eigenvalue weighted by Crippen LogP contribution is 2.44. The number of benzene rings is 1. The number of nitrogens with one attached hydrogen (secondary N) is 1. The minimum atomic E-state index is -4.15. The van der Waals surface area contributed by atoms with Gasteiger partial charge in [-0.2, -0.15) is 0 Å². The molecule has 262 valence electrons. The van der Waals surface area contributed by atoms with E-state index in [0.29, 0.717) is 40.9 Å². The lowest BCUT2D eigenvalue weighted by atomic mass is 10.0. The van der Waals surface area contributed by atoms with E-state index in [4.69, 9.17) is 18.6 Å². The molecular weight excluding hydrogens is 652 g/mol. The number of para-hydroxylation sites is 1. The Bertz CT molecular complexity index is 2040. The fraction of sp³-hybridized carbons (Fsp3) is 0.486. The minimum absolute atomic E-state index is 0.0890. The molecule has 1 N–H and O–H groups in total. The summed E-state index contributed by atoms with van der Waals surface area (Å²) in [4.78, 5) is 46.7. The molecule has 3 aliphatic rings. The summed E-state index contributed by atoms with van der Waals surface area (Å²) < 4.78 is 52.9. The molecule has 1 amide bonds. The number of hydrogen-bond donors (Lipinski definition) is 1. The van der Waals surface area contributed by atoms with Gasteiger partial charge in [-0.1, -0.05) is 24.8 Å². The molecule has 3 aromatic rings. The van der Waals surface area contributed by atoms with E-state index in [2.05, 4.69) is 16.3 Å². The molecule has 0 radical (unpaired) electrons. The first-order valence-corrected chi connectivity index (χ1v) is 17.8. The van der Waals surface area contributed by atoms with Crippen molar-refractivity contribution in [2.75, 3.05) is 7.11 Å². The number of sulfonamides is 1. The van der Waals surface area contributed by atoms with Gasteiger partial charge >= 0.3 is 5.69 Å². The third kappa shape index (κ3) is 6.21. The topological polar surface area (TPSA) is 161 Å². The van der Waals surface area contributed by atoms with Crippen LogP contribution in [0.25, 0.3) is 16.7 Å². The van der Waals surface area contributed by atoms with E-state index < -0.39 is 44.1 Å². The van der Waals surface area contributed by atoms with Crippen molar-refractivity contribution in [3.8, 4) is 5.75 Å². The van der Waals surface area contributed by atoms with Crippen LogP contribution in [0.15, 0.2) is 57.3 Å². The molecule has 2 bridgehead atoms. The van der Waals surface area contributed by atoms with Crippen molar-refractivity contribution in [2.45, 2.75) is 102 Å². The van der Waals surface area contributed by atoms with Gasteiger partial charge in [-0.25, -0.2) is 22.8 Å². The van der Waals surface area contributed by atoms with Crippen LogP contribution in [0.2, 0.25) is 0 Å². The van der Waals surface area contributed by atoms with Crippen molar-refractivity contribution in [3.05, 3.63) is 86.9 Å². The number of fused-ring (bicyclic) bond motifs is 3. The Morgan fingerprint density at radius 1 is 1.16 bits per heavy atom. The highest BCUT2D eigenvalue weighted by atomic mass is 32.2. The van der Waals surface area contributed by atoms with Crippen LogP contribution in [-0.4, -0.2) is 58.6 Å². The summed E-state index contributed by atoms with van der Waals surface area (Å²) in [6, 6.07) is 5.85. The Kier molecular flexibility index (Phi) is 9.09. The molecule has 6 rings (SSSR count). The maximum atomic E-state index is 14.6. The first kappa shape index (κ1) is 34.6. The normalized spacial score (nSPS) is 21.8. The van der Waals surface area contributed by atoms with Gasteiger partial charge in [-0.05, 0) is 71.9 Å². The molecule has 13 nitrogen and oxygen atoms in total. The van der Waals surface area contributed by atoms with E-state index in [0.717, 1.165) is 17.4 Å². The van der Waals surface area contributed by atoms with Crippen LogP contribution >= 0.6 is 0 Å². The lowest BCUT2D eigenvalue weighted by molar-refractivity contribution is -0.122. The van der Waals surface area contributed by atoms with Crippen molar-refractivity contribution >= 4 is 32.6 Å². The second-order valence-electron chi connectivity index (χ2n) is 13.8. The van der Waals surface area contributed by atoms with Gasteiger partial charge in [-0.15, -0.1) is 0 Å². The SMILES string of the molecule is C=C1C(c2ncco2)=C(C)c2c1n(C[C@H](OC1CC3CC[C@H](C1)O3)c1ccccc1OC)c(=O)n([C@@H](C)C(=O)NS(=O)(=O)C(C)(C)C)c2=O. The van der Waals surface area contributed by atoms with Gasteiger partial charge in [0.15, 0.2) is 0 Å². The molecule has 1 aromatic carbocycles. The smallest absolute Gasteiger partial charge is 0.332 e.